The summed E-state index contributed by atoms with van der Waals surface area (Å²) in [7, 11) is 0. The molecule has 134 valence electrons. The van der Waals surface area contributed by atoms with E-state index in [1.54, 1.807) is 30.6 Å². The molecule has 1 saturated heterocycles. The van der Waals surface area contributed by atoms with Crippen LogP contribution in [0.4, 0.5) is 29.5 Å². The Morgan fingerprint density at radius 1 is 1.21 bits per heavy atom. The number of hydrogen-bond donors (Lipinski definition) is 1. The van der Waals surface area contributed by atoms with Crippen LogP contribution in [-0.2, 0) is 10.9 Å². The summed E-state index contributed by atoms with van der Waals surface area (Å²) in [5.41, 5.74) is 3.61. The third-order valence-corrected chi connectivity index (χ3v) is 3.48. The molecule has 9 heteroatoms. The van der Waals surface area contributed by atoms with Gasteiger partial charge in [0.25, 0.3) is 0 Å². The molecule has 0 spiro atoms. The SMILES string of the molecule is CC(C)(C)OC(=O)N1CCN(c2cc(N)c(C(F)(F)F)cn2)CC1. The summed E-state index contributed by atoms with van der Waals surface area (Å²) in [5.74, 6) is 0.365. The first kappa shape index (κ1) is 18.2. The van der Waals surface area contributed by atoms with E-state index < -0.39 is 23.4 Å². The van der Waals surface area contributed by atoms with Gasteiger partial charge in [0.1, 0.15) is 11.4 Å². The van der Waals surface area contributed by atoms with Crippen LogP contribution in [0.5, 0.6) is 0 Å². The lowest BCUT2D eigenvalue weighted by Crippen LogP contribution is -2.50. The number of carbonyl (C=O) groups excluding carboxylic acids is 1. The van der Waals surface area contributed by atoms with Crippen molar-refractivity contribution >= 4 is 17.6 Å². The molecular formula is C15H21F3N4O2. The molecule has 2 rings (SSSR count). The number of alkyl halides is 3. The van der Waals surface area contributed by atoms with Crippen molar-refractivity contribution in [2.75, 3.05) is 36.8 Å². The summed E-state index contributed by atoms with van der Waals surface area (Å²) in [5, 5.41) is 0. The molecule has 1 amide bonds. The smallest absolute Gasteiger partial charge is 0.419 e. The summed E-state index contributed by atoms with van der Waals surface area (Å²) in [4.78, 5) is 19.2. The Balaban J connectivity index is 2.00. The van der Waals surface area contributed by atoms with Gasteiger partial charge in [0.15, 0.2) is 0 Å². The first-order valence-corrected chi connectivity index (χ1v) is 7.53. The fourth-order valence-electron chi connectivity index (χ4n) is 2.31. The van der Waals surface area contributed by atoms with E-state index in [9.17, 15) is 18.0 Å². The first-order valence-electron chi connectivity index (χ1n) is 7.53. The van der Waals surface area contributed by atoms with E-state index in [1.807, 2.05) is 0 Å². The van der Waals surface area contributed by atoms with Gasteiger partial charge in [0.2, 0.25) is 0 Å². The van der Waals surface area contributed by atoms with Crippen molar-refractivity contribution < 1.29 is 22.7 Å². The van der Waals surface area contributed by atoms with Gasteiger partial charge in [-0.1, -0.05) is 0 Å². The van der Waals surface area contributed by atoms with Crippen LogP contribution in [0.3, 0.4) is 0 Å². The van der Waals surface area contributed by atoms with Gasteiger partial charge >= 0.3 is 12.3 Å². The Labute approximate surface area is 138 Å². The van der Waals surface area contributed by atoms with Crippen LogP contribution in [0.2, 0.25) is 0 Å². The van der Waals surface area contributed by atoms with Gasteiger partial charge in [-0.2, -0.15) is 13.2 Å². The highest BCUT2D eigenvalue weighted by atomic mass is 19.4. The van der Waals surface area contributed by atoms with Crippen LogP contribution in [0.1, 0.15) is 26.3 Å². The Bertz CT molecular complexity index is 606. The highest BCUT2D eigenvalue weighted by molar-refractivity contribution is 5.68. The molecule has 0 atom stereocenters. The van der Waals surface area contributed by atoms with Crippen molar-refractivity contribution in [1.82, 2.24) is 9.88 Å². The topological polar surface area (TPSA) is 71.7 Å². The number of carbonyl (C=O) groups is 1. The standard InChI is InChI=1S/C15H21F3N4O2/c1-14(2,3)24-13(23)22-6-4-21(5-7-22)12-8-11(19)10(9-20-12)15(16,17)18/h8-9H,4-7H2,1-3H3,(H2,19,20). The zero-order valence-electron chi connectivity index (χ0n) is 13.9. The number of nitrogens with zero attached hydrogens (tertiary/aromatic N) is 3. The number of anilines is 2. The van der Waals surface area contributed by atoms with Gasteiger partial charge in [-0.15, -0.1) is 0 Å². The van der Waals surface area contributed by atoms with Crippen molar-refractivity contribution in [3.63, 3.8) is 0 Å². The van der Waals surface area contributed by atoms with Gasteiger partial charge < -0.3 is 20.3 Å². The molecule has 1 aromatic heterocycles. The number of halogens is 3. The molecule has 1 aliphatic rings. The van der Waals surface area contributed by atoms with Crippen LogP contribution in [0, 0.1) is 0 Å². The fraction of sp³-hybridized carbons (Fsp3) is 0.600. The maximum atomic E-state index is 12.7. The van der Waals surface area contributed by atoms with Crippen LogP contribution in [0.25, 0.3) is 0 Å². The number of ether oxygens (including phenoxy) is 1. The van der Waals surface area contributed by atoms with Gasteiger partial charge in [-0.3, -0.25) is 0 Å². The lowest BCUT2D eigenvalue weighted by atomic mass is 10.2. The third-order valence-electron chi connectivity index (χ3n) is 3.48. The van der Waals surface area contributed by atoms with E-state index in [2.05, 4.69) is 4.98 Å². The first-order chi connectivity index (χ1) is 11.0. The summed E-state index contributed by atoms with van der Waals surface area (Å²) in [6.45, 7) is 7.05. The van der Waals surface area contributed by atoms with E-state index in [0.29, 0.717) is 32.0 Å². The van der Waals surface area contributed by atoms with E-state index in [-0.39, 0.29) is 5.69 Å². The normalized spacial score (nSPS) is 16.2. The average molecular weight is 346 g/mol. The molecule has 1 fully saturated rings. The quantitative estimate of drug-likeness (QED) is 0.847. The second-order valence-electron chi connectivity index (χ2n) is 6.58. The number of rotatable bonds is 1. The van der Waals surface area contributed by atoms with Crippen molar-refractivity contribution in [2.45, 2.75) is 32.5 Å². The highest BCUT2D eigenvalue weighted by Crippen LogP contribution is 2.34. The summed E-state index contributed by atoms with van der Waals surface area (Å²) in [6, 6.07) is 1.21. The monoisotopic (exact) mass is 346 g/mol. The number of pyridine rings is 1. The molecule has 0 bridgehead atoms. The predicted octanol–water partition coefficient (Wildman–Crippen LogP) is 2.74. The predicted molar refractivity (Wildman–Crippen MR) is 83.7 cm³/mol. The Morgan fingerprint density at radius 2 is 1.79 bits per heavy atom. The van der Waals surface area contributed by atoms with Crippen molar-refractivity contribution in [2.24, 2.45) is 0 Å². The van der Waals surface area contributed by atoms with Gasteiger partial charge in [-0.05, 0) is 20.8 Å². The number of piperazine rings is 1. The van der Waals surface area contributed by atoms with E-state index in [0.717, 1.165) is 6.20 Å². The van der Waals surface area contributed by atoms with Crippen molar-refractivity contribution in [1.29, 1.82) is 0 Å². The molecule has 6 nitrogen and oxygen atoms in total. The molecule has 2 N–H and O–H groups in total. The molecule has 1 aromatic rings. The Morgan fingerprint density at radius 3 is 2.25 bits per heavy atom. The average Bonchev–Trinajstić information content (AvgIpc) is 2.44. The van der Waals surface area contributed by atoms with Gasteiger partial charge in [-0.25, -0.2) is 9.78 Å². The second kappa shape index (κ2) is 6.37. The molecule has 2 heterocycles. The lowest BCUT2D eigenvalue weighted by molar-refractivity contribution is -0.137. The van der Waals surface area contributed by atoms with Crippen LogP contribution >= 0.6 is 0 Å². The third kappa shape index (κ3) is 4.42. The Kier molecular flexibility index (Phi) is 4.82. The molecule has 0 unspecified atom stereocenters. The molecular weight excluding hydrogens is 325 g/mol. The van der Waals surface area contributed by atoms with E-state index >= 15 is 0 Å². The minimum Gasteiger partial charge on any atom is -0.444 e. The van der Waals surface area contributed by atoms with Crippen LogP contribution < -0.4 is 10.6 Å². The number of amides is 1. The van der Waals surface area contributed by atoms with Gasteiger partial charge in [0, 0.05) is 44.1 Å². The van der Waals surface area contributed by atoms with E-state index in [4.69, 9.17) is 10.5 Å². The van der Waals surface area contributed by atoms with Crippen LogP contribution in [-0.4, -0.2) is 47.8 Å². The second-order valence-corrected chi connectivity index (χ2v) is 6.58. The largest absolute Gasteiger partial charge is 0.444 e. The summed E-state index contributed by atoms with van der Waals surface area (Å²) in [6.07, 6.45) is -4.18. The number of nitrogen functional groups attached to an aromatic ring is 1. The molecule has 1 aliphatic heterocycles. The molecule has 0 aromatic carbocycles. The number of hydrogen-bond acceptors (Lipinski definition) is 5. The molecule has 0 aliphatic carbocycles. The lowest BCUT2D eigenvalue weighted by Gasteiger charge is -2.36. The zero-order chi connectivity index (χ0) is 18.1. The van der Waals surface area contributed by atoms with Gasteiger partial charge in [0.05, 0.1) is 5.56 Å². The molecule has 0 radical (unpaired) electrons. The van der Waals surface area contributed by atoms with E-state index in [1.165, 1.54) is 6.07 Å². The summed E-state index contributed by atoms with van der Waals surface area (Å²) >= 11 is 0. The number of nitrogens with two attached hydrogens (primary N) is 1. The Hall–Kier alpha value is -2.19. The minimum atomic E-state index is -4.52. The summed E-state index contributed by atoms with van der Waals surface area (Å²) < 4.78 is 43.4. The highest BCUT2D eigenvalue weighted by Gasteiger charge is 2.34. The minimum absolute atomic E-state index is 0.359. The van der Waals surface area contributed by atoms with Crippen LogP contribution in [0.15, 0.2) is 12.3 Å². The number of aromatic nitrogens is 1. The molecule has 0 saturated carbocycles. The fourth-order valence-corrected chi connectivity index (χ4v) is 2.31. The maximum Gasteiger partial charge on any atom is 0.419 e. The van der Waals surface area contributed by atoms with Crippen molar-refractivity contribution in [3.8, 4) is 0 Å². The zero-order valence-corrected chi connectivity index (χ0v) is 13.9. The maximum absolute atomic E-state index is 12.7. The molecule has 24 heavy (non-hydrogen) atoms. The van der Waals surface area contributed by atoms with Crippen molar-refractivity contribution in [3.05, 3.63) is 17.8 Å².